The molecule has 8 heteroatoms. The molecular weight excluding hydrogens is 703 g/mol. The average Bonchev–Trinajstić information content (AvgIpc) is 3.19. The lowest BCUT2D eigenvalue weighted by molar-refractivity contribution is -0.152. The van der Waals surface area contributed by atoms with Crippen LogP contribution >= 0.6 is 0 Å². The van der Waals surface area contributed by atoms with Crippen molar-refractivity contribution in [3.05, 3.63) is 24.3 Å². The summed E-state index contributed by atoms with van der Waals surface area (Å²) in [7, 11) is 0. The number of esters is 2. The van der Waals surface area contributed by atoms with E-state index in [-0.39, 0.29) is 30.9 Å². The van der Waals surface area contributed by atoms with E-state index in [1.54, 1.807) is 0 Å². The van der Waals surface area contributed by atoms with Crippen LogP contribution in [0.1, 0.15) is 214 Å². The molecule has 8 nitrogen and oxygen atoms in total. The number of ether oxygens (including phenoxy) is 4. The van der Waals surface area contributed by atoms with E-state index in [9.17, 15) is 14.7 Å². The molecule has 1 atom stereocenters. The van der Waals surface area contributed by atoms with Crippen molar-refractivity contribution in [3.63, 3.8) is 0 Å². The average molecular weight is 794 g/mol. The molecule has 0 aliphatic heterocycles. The molecule has 0 bridgehead atoms. The molecule has 0 spiro atoms. The molecule has 0 saturated carbocycles. The molecule has 0 aliphatic carbocycles. The monoisotopic (exact) mass is 794 g/mol. The van der Waals surface area contributed by atoms with Gasteiger partial charge in [-0.1, -0.05) is 116 Å². The summed E-state index contributed by atoms with van der Waals surface area (Å²) in [6.45, 7) is 13.4. The molecule has 1 unspecified atom stereocenters. The molecule has 0 heterocycles. The van der Waals surface area contributed by atoms with Gasteiger partial charge in [-0.25, -0.2) is 0 Å². The van der Waals surface area contributed by atoms with E-state index < -0.39 is 0 Å². The third kappa shape index (κ3) is 39.1. The number of hydrogen-bond acceptors (Lipinski definition) is 8. The van der Waals surface area contributed by atoms with Crippen molar-refractivity contribution in [1.82, 2.24) is 4.90 Å². The standard InChI is InChI=1S/C48H91NO7/c1-5-9-12-15-19-26-34-45(8-4)56-47(52)35-27-20-18-21-28-38-49(40-41-50)39-29-22-25-30-42-53-46(51)36-33-37-48(54-43-31-23-16-13-10-6-2)55-44-32-24-17-14-11-7-3/h10-11,13-14,45,48,50H,5-9,12,15-44H2,1-4H3/b13-10-,14-11-. The first-order chi connectivity index (χ1) is 27.5. The number of hydrogen-bond donors (Lipinski definition) is 1. The van der Waals surface area contributed by atoms with Crippen LogP contribution in [0.15, 0.2) is 24.3 Å². The van der Waals surface area contributed by atoms with Crippen LogP contribution in [0, 0.1) is 0 Å². The van der Waals surface area contributed by atoms with Gasteiger partial charge >= 0.3 is 11.9 Å². The Morgan fingerprint density at radius 2 is 1.07 bits per heavy atom. The van der Waals surface area contributed by atoms with Gasteiger partial charge in [-0.05, 0) is 122 Å². The van der Waals surface area contributed by atoms with Crippen molar-refractivity contribution in [1.29, 1.82) is 0 Å². The zero-order valence-corrected chi connectivity index (χ0v) is 37.3. The summed E-state index contributed by atoms with van der Waals surface area (Å²) in [6.07, 6.45) is 38.6. The summed E-state index contributed by atoms with van der Waals surface area (Å²) >= 11 is 0. The molecule has 0 aromatic carbocycles. The molecular formula is C48H91NO7. The quantitative estimate of drug-likeness (QED) is 0.0282. The van der Waals surface area contributed by atoms with Crippen LogP contribution in [0.5, 0.6) is 0 Å². The predicted octanol–water partition coefficient (Wildman–Crippen LogP) is 12.6. The molecule has 0 rings (SSSR count). The van der Waals surface area contributed by atoms with Crippen molar-refractivity contribution in [2.24, 2.45) is 0 Å². The van der Waals surface area contributed by atoms with Gasteiger partial charge in [-0.2, -0.15) is 0 Å². The van der Waals surface area contributed by atoms with Crippen molar-refractivity contribution in [2.45, 2.75) is 226 Å². The molecule has 0 aromatic heterocycles. The first-order valence-corrected chi connectivity index (χ1v) is 23.7. The van der Waals surface area contributed by atoms with Crippen LogP contribution in [-0.4, -0.2) is 80.4 Å². The second-order valence-electron chi connectivity index (χ2n) is 15.6. The van der Waals surface area contributed by atoms with Gasteiger partial charge in [0.05, 0.1) is 13.2 Å². The Bertz CT molecular complexity index is 871. The van der Waals surface area contributed by atoms with E-state index in [1.165, 1.54) is 32.1 Å². The highest BCUT2D eigenvalue weighted by Gasteiger charge is 2.13. The smallest absolute Gasteiger partial charge is 0.306 e. The van der Waals surface area contributed by atoms with Gasteiger partial charge < -0.3 is 29.0 Å². The Morgan fingerprint density at radius 3 is 1.66 bits per heavy atom. The fourth-order valence-electron chi connectivity index (χ4n) is 6.76. The van der Waals surface area contributed by atoms with E-state index >= 15 is 0 Å². The largest absolute Gasteiger partial charge is 0.466 e. The first-order valence-electron chi connectivity index (χ1n) is 23.7. The van der Waals surface area contributed by atoms with Crippen LogP contribution in [-0.2, 0) is 28.5 Å². The maximum absolute atomic E-state index is 12.4. The molecule has 56 heavy (non-hydrogen) atoms. The first kappa shape index (κ1) is 54.3. The third-order valence-electron chi connectivity index (χ3n) is 10.3. The molecule has 0 amide bonds. The third-order valence-corrected chi connectivity index (χ3v) is 10.3. The van der Waals surface area contributed by atoms with Crippen LogP contribution < -0.4 is 0 Å². The molecule has 1 N–H and O–H groups in total. The number of aliphatic hydroxyl groups excluding tert-OH is 1. The number of allylic oxidation sites excluding steroid dienone is 4. The summed E-state index contributed by atoms with van der Waals surface area (Å²) in [6, 6.07) is 0. The highest BCUT2D eigenvalue weighted by atomic mass is 16.7. The second kappa shape index (κ2) is 44.4. The van der Waals surface area contributed by atoms with Crippen molar-refractivity contribution < 1.29 is 33.6 Å². The van der Waals surface area contributed by atoms with Crippen LogP contribution in [0.25, 0.3) is 0 Å². The second-order valence-corrected chi connectivity index (χ2v) is 15.6. The van der Waals surface area contributed by atoms with Crippen LogP contribution in [0.3, 0.4) is 0 Å². The Labute approximate surface area is 346 Å². The van der Waals surface area contributed by atoms with Gasteiger partial charge in [0.1, 0.15) is 6.10 Å². The number of carbonyl (C=O) groups excluding carboxylic acids is 2. The molecule has 0 saturated heterocycles. The molecule has 0 aliphatic rings. The van der Waals surface area contributed by atoms with E-state index in [4.69, 9.17) is 18.9 Å². The Kier molecular flexibility index (Phi) is 43.0. The number of unbranched alkanes of at least 4 members (excludes halogenated alkanes) is 16. The van der Waals surface area contributed by atoms with E-state index in [0.29, 0.717) is 52.0 Å². The number of aliphatic hydroxyl groups is 1. The maximum atomic E-state index is 12.4. The van der Waals surface area contributed by atoms with E-state index in [0.717, 1.165) is 142 Å². The normalized spacial score (nSPS) is 12.5. The fourth-order valence-corrected chi connectivity index (χ4v) is 6.76. The number of rotatable bonds is 44. The van der Waals surface area contributed by atoms with E-state index in [1.807, 2.05) is 0 Å². The zero-order valence-electron chi connectivity index (χ0n) is 37.3. The minimum absolute atomic E-state index is 0.0276. The van der Waals surface area contributed by atoms with E-state index in [2.05, 4.69) is 56.9 Å². The minimum atomic E-state index is -0.258. The predicted molar refractivity (Wildman–Crippen MR) is 235 cm³/mol. The fraction of sp³-hybridized carbons (Fsp3) is 0.875. The minimum Gasteiger partial charge on any atom is -0.466 e. The van der Waals surface area contributed by atoms with Crippen molar-refractivity contribution >= 4 is 11.9 Å². The topological polar surface area (TPSA) is 94.5 Å². The molecule has 330 valence electrons. The molecule has 0 aromatic rings. The van der Waals surface area contributed by atoms with Crippen molar-refractivity contribution in [3.8, 4) is 0 Å². The lowest BCUT2D eigenvalue weighted by Gasteiger charge is -2.21. The van der Waals surface area contributed by atoms with Gasteiger partial charge in [0.15, 0.2) is 6.29 Å². The summed E-state index contributed by atoms with van der Waals surface area (Å²) in [5, 5.41) is 9.56. The molecule has 0 fully saturated rings. The van der Waals surface area contributed by atoms with Crippen molar-refractivity contribution in [2.75, 3.05) is 46.1 Å². The molecule has 0 radical (unpaired) electrons. The van der Waals surface area contributed by atoms with Gasteiger partial charge in [-0.3, -0.25) is 9.59 Å². The SMILES string of the molecule is CC/C=C\CCCCOC(CCCC(=O)OCCCCCCN(CCO)CCCCCCCC(=O)OC(CC)CCCCCCCC)OCCCC/C=C\CC. The number of carbonyl (C=O) groups is 2. The highest BCUT2D eigenvalue weighted by Crippen LogP contribution is 2.16. The summed E-state index contributed by atoms with van der Waals surface area (Å²) in [4.78, 5) is 27.1. The number of nitrogens with zero attached hydrogens (tertiary/aromatic N) is 1. The van der Waals surface area contributed by atoms with Gasteiger partial charge in [-0.15, -0.1) is 0 Å². The van der Waals surface area contributed by atoms with Gasteiger partial charge in [0.25, 0.3) is 0 Å². The van der Waals surface area contributed by atoms with Crippen LogP contribution in [0.2, 0.25) is 0 Å². The maximum Gasteiger partial charge on any atom is 0.306 e. The Balaban J connectivity index is 4.04. The highest BCUT2D eigenvalue weighted by molar-refractivity contribution is 5.69. The Morgan fingerprint density at radius 1 is 0.536 bits per heavy atom. The lowest BCUT2D eigenvalue weighted by Crippen LogP contribution is -2.29. The Hall–Kier alpha value is -1.74. The summed E-state index contributed by atoms with van der Waals surface area (Å²) in [5.41, 5.74) is 0. The zero-order chi connectivity index (χ0) is 41.0. The van der Waals surface area contributed by atoms with Crippen LogP contribution in [0.4, 0.5) is 0 Å². The lowest BCUT2D eigenvalue weighted by atomic mass is 10.1. The summed E-state index contributed by atoms with van der Waals surface area (Å²) in [5.74, 6) is -0.160. The van der Waals surface area contributed by atoms with Gasteiger partial charge in [0, 0.05) is 32.6 Å². The summed E-state index contributed by atoms with van der Waals surface area (Å²) < 4.78 is 23.4. The van der Waals surface area contributed by atoms with Gasteiger partial charge in [0.2, 0.25) is 0 Å².